The molecule has 0 atom stereocenters. The summed E-state index contributed by atoms with van der Waals surface area (Å²) in [4.78, 5) is 8.03. The van der Waals surface area contributed by atoms with E-state index in [-0.39, 0.29) is 0 Å². The normalized spacial score (nSPS) is 9.73. The lowest BCUT2D eigenvalue weighted by Crippen LogP contribution is -2.02. The molecule has 1 N–H and O–H groups in total. The average molecular weight is 172 g/mol. The number of halogens is 1. The number of hydrogen-bond donors (Lipinski definition) is 1. The predicted molar refractivity (Wildman–Crippen MR) is 45.9 cm³/mol. The van der Waals surface area contributed by atoms with E-state index in [4.69, 9.17) is 11.6 Å². The molecule has 4 heteroatoms. The summed E-state index contributed by atoms with van der Waals surface area (Å²) in [6, 6.07) is 0. The maximum Gasteiger partial charge on any atom is 0.224 e. The Balaban J connectivity index is 2.86. The van der Waals surface area contributed by atoms with Crippen molar-refractivity contribution in [2.75, 3.05) is 11.9 Å². The average Bonchev–Trinajstić information content (AvgIpc) is 1.98. The topological polar surface area (TPSA) is 37.8 Å². The molecule has 0 saturated carbocycles. The van der Waals surface area contributed by atoms with Crippen LogP contribution in [0.25, 0.3) is 0 Å². The Bertz CT molecular complexity index is 249. The van der Waals surface area contributed by atoms with Gasteiger partial charge in [-0.05, 0) is 13.8 Å². The van der Waals surface area contributed by atoms with E-state index in [1.807, 2.05) is 13.8 Å². The zero-order chi connectivity index (χ0) is 8.27. The summed E-state index contributed by atoms with van der Waals surface area (Å²) in [7, 11) is 0. The molecule has 3 nitrogen and oxygen atoms in total. The molecule has 0 radical (unpaired) electrons. The summed E-state index contributed by atoms with van der Waals surface area (Å²) in [5, 5.41) is 3.48. The van der Waals surface area contributed by atoms with E-state index in [1.165, 1.54) is 0 Å². The molecule has 1 aromatic heterocycles. The monoisotopic (exact) mass is 171 g/mol. The van der Waals surface area contributed by atoms with Gasteiger partial charge in [-0.25, -0.2) is 9.97 Å². The highest BCUT2D eigenvalue weighted by molar-refractivity contribution is 6.30. The standard InChI is InChI=1S/C7H10ClN3/c1-3-9-7-10-4-5(2)6(8)11-7/h4H,3H2,1-2H3,(H,9,10,11). The van der Waals surface area contributed by atoms with E-state index in [1.54, 1.807) is 6.20 Å². The Morgan fingerprint density at radius 2 is 2.36 bits per heavy atom. The summed E-state index contributed by atoms with van der Waals surface area (Å²) >= 11 is 5.76. The third-order valence-corrected chi connectivity index (χ3v) is 1.63. The van der Waals surface area contributed by atoms with Gasteiger partial charge in [0.25, 0.3) is 0 Å². The summed E-state index contributed by atoms with van der Waals surface area (Å²) < 4.78 is 0. The Hall–Kier alpha value is -0.830. The lowest BCUT2D eigenvalue weighted by atomic mass is 10.4. The van der Waals surface area contributed by atoms with Gasteiger partial charge < -0.3 is 5.32 Å². The lowest BCUT2D eigenvalue weighted by Gasteiger charge is -2.01. The molecule has 1 heterocycles. The van der Waals surface area contributed by atoms with Gasteiger partial charge in [0, 0.05) is 18.3 Å². The highest BCUT2D eigenvalue weighted by Crippen LogP contribution is 2.11. The zero-order valence-electron chi connectivity index (χ0n) is 6.56. The molecular formula is C7H10ClN3. The van der Waals surface area contributed by atoms with E-state index in [2.05, 4.69) is 15.3 Å². The van der Waals surface area contributed by atoms with E-state index in [9.17, 15) is 0 Å². The van der Waals surface area contributed by atoms with Gasteiger partial charge >= 0.3 is 0 Å². The Labute approximate surface area is 70.8 Å². The fourth-order valence-corrected chi connectivity index (χ4v) is 0.793. The fraction of sp³-hybridized carbons (Fsp3) is 0.429. The molecule has 0 aliphatic carbocycles. The van der Waals surface area contributed by atoms with Crippen LogP contribution in [0, 0.1) is 6.92 Å². The SMILES string of the molecule is CCNc1ncc(C)c(Cl)n1. The van der Waals surface area contributed by atoms with Gasteiger partial charge in [0.05, 0.1) is 0 Å². The second kappa shape index (κ2) is 3.53. The van der Waals surface area contributed by atoms with Crippen molar-refractivity contribution in [2.24, 2.45) is 0 Å². The first kappa shape index (κ1) is 8.27. The first-order chi connectivity index (χ1) is 5.24. The van der Waals surface area contributed by atoms with Crippen LogP contribution in [0.1, 0.15) is 12.5 Å². The second-order valence-corrected chi connectivity index (χ2v) is 2.56. The molecule has 11 heavy (non-hydrogen) atoms. The van der Waals surface area contributed by atoms with E-state index in [0.29, 0.717) is 11.1 Å². The molecule has 0 amide bonds. The maximum absolute atomic E-state index is 5.76. The van der Waals surface area contributed by atoms with Crippen LogP contribution in [0.4, 0.5) is 5.95 Å². The minimum absolute atomic E-state index is 0.510. The maximum atomic E-state index is 5.76. The van der Waals surface area contributed by atoms with Gasteiger partial charge in [-0.1, -0.05) is 11.6 Å². The Morgan fingerprint density at radius 3 is 2.91 bits per heavy atom. The summed E-state index contributed by atoms with van der Waals surface area (Å²) in [5.41, 5.74) is 0.897. The molecule has 0 aliphatic heterocycles. The number of aryl methyl sites for hydroxylation is 1. The van der Waals surface area contributed by atoms with E-state index < -0.39 is 0 Å². The van der Waals surface area contributed by atoms with Crippen LogP contribution in [0.3, 0.4) is 0 Å². The minimum atomic E-state index is 0.510. The number of hydrogen-bond acceptors (Lipinski definition) is 3. The van der Waals surface area contributed by atoms with Crippen LogP contribution >= 0.6 is 11.6 Å². The highest BCUT2D eigenvalue weighted by Gasteiger charge is 1.98. The van der Waals surface area contributed by atoms with Crippen molar-refractivity contribution in [3.05, 3.63) is 16.9 Å². The van der Waals surface area contributed by atoms with Crippen molar-refractivity contribution in [1.29, 1.82) is 0 Å². The minimum Gasteiger partial charge on any atom is -0.354 e. The van der Waals surface area contributed by atoms with Crippen molar-refractivity contribution >= 4 is 17.5 Å². The van der Waals surface area contributed by atoms with Gasteiger partial charge in [-0.3, -0.25) is 0 Å². The number of aromatic nitrogens is 2. The van der Waals surface area contributed by atoms with Gasteiger partial charge in [0.1, 0.15) is 5.15 Å². The Morgan fingerprint density at radius 1 is 1.64 bits per heavy atom. The molecular weight excluding hydrogens is 162 g/mol. The molecule has 0 unspecified atom stereocenters. The second-order valence-electron chi connectivity index (χ2n) is 2.20. The van der Waals surface area contributed by atoms with Crippen LogP contribution < -0.4 is 5.32 Å². The lowest BCUT2D eigenvalue weighted by molar-refractivity contribution is 1.07. The molecule has 1 aromatic rings. The number of anilines is 1. The van der Waals surface area contributed by atoms with Crippen LogP contribution in [0.2, 0.25) is 5.15 Å². The molecule has 1 rings (SSSR count). The summed E-state index contributed by atoms with van der Waals surface area (Å²) in [6.07, 6.45) is 1.70. The van der Waals surface area contributed by atoms with Crippen molar-refractivity contribution in [2.45, 2.75) is 13.8 Å². The Kier molecular flexibility index (Phi) is 2.65. The molecule has 60 valence electrons. The van der Waals surface area contributed by atoms with Crippen molar-refractivity contribution in [3.63, 3.8) is 0 Å². The smallest absolute Gasteiger partial charge is 0.224 e. The number of nitrogens with zero attached hydrogens (tertiary/aromatic N) is 2. The van der Waals surface area contributed by atoms with Crippen LogP contribution in [0.5, 0.6) is 0 Å². The van der Waals surface area contributed by atoms with Gasteiger partial charge in [-0.15, -0.1) is 0 Å². The van der Waals surface area contributed by atoms with Gasteiger partial charge in [0.2, 0.25) is 5.95 Å². The third-order valence-electron chi connectivity index (χ3n) is 1.24. The fourth-order valence-electron chi connectivity index (χ4n) is 0.665. The van der Waals surface area contributed by atoms with Crippen molar-refractivity contribution in [3.8, 4) is 0 Å². The zero-order valence-corrected chi connectivity index (χ0v) is 7.31. The van der Waals surface area contributed by atoms with Crippen molar-refractivity contribution < 1.29 is 0 Å². The molecule has 0 aromatic carbocycles. The summed E-state index contributed by atoms with van der Waals surface area (Å²) in [5.74, 6) is 0.586. The van der Waals surface area contributed by atoms with Crippen LogP contribution in [-0.4, -0.2) is 16.5 Å². The van der Waals surface area contributed by atoms with Gasteiger partial charge in [-0.2, -0.15) is 0 Å². The first-order valence-electron chi connectivity index (χ1n) is 3.47. The molecule has 0 saturated heterocycles. The molecule has 0 aliphatic rings. The van der Waals surface area contributed by atoms with Crippen LogP contribution in [0.15, 0.2) is 6.20 Å². The van der Waals surface area contributed by atoms with E-state index >= 15 is 0 Å². The first-order valence-corrected chi connectivity index (χ1v) is 3.85. The molecule has 0 fully saturated rings. The van der Waals surface area contributed by atoms with Crippen LogP contribution in [-0.2, 0) is 0 Å². The van der Waals surface area contributed by atoms with Crippen molar-refractivity contribution in [1.82, 2.24) is 9.97 Å². The summed E-state index contributed by atoms with van der Waals surface area (Å²) in [6.45, 7) is 4.66. The molecule has 0 bridgehead atoms. The van der Waals surface area contributed by atoms with E-state index in [0.717, 1.165) is 12.1 Å². The largest absolute Gasteiger partial charge is 0.354 e. The number of rotatable bonds is 2. The predicted octanol–water partition coefficient (Wildman–Crippen LogP) is 1.87. The molecule has 0 spiro atoms. The highest BCUT2D eigenvalue weighted by atomic mass is 35.5. The third kappa shape index (κ3) is 2.05. The quantitative estimate of drug-likeness (QED) is 0.691. The number of nitrogens with one attached hydrogen (secondary N) is 1. The van der Waals surface area contributed by atoms with Gasteiger partial charge in [0.15, 0.2) is 0 Å².